The van der Waals surface area contributed by atoms with Gasteiger partial charge in [-0.05, 0) is 147 Å². The molecule has 716 valence electrons. The average Bonchev–Trinajstić information content (AvgIpc) is 0.760. The Labute approximate surface area is 864 Å². The molecule has 27 heteroatoms. The van der Waals surface area contributed by atoms with Crippen molar-refractivity contribution in [1.29, 1.82) is 0 Å². The van der Waals surface area contributed by atoms with E-state index in [1.54, 1.807) is 73.4 Å². The Kier molecular flexibility index (Phi) is 36.6. The van der Waals surface area contributed by atoms with Crippen LogP contribution in [-0.4, -0.2) is 95.6 Å². The van der Waals surface area contributed by atoms with Crippen molar-refractivity contribution in [2.45, 2.75) is 158 Å². The fourth-order valence-corrected chi connectivity index (χ4v) is 14.2. The summed E-state index contributed by atoms with van der Waals surface area (Å²) >= 11 is 0. The van der Waals surface area contributed by atoms with Crippen LogP contribution in [0.1, 0.15) is 167 Å². The molecule has 0 spiro atoms. The maximum absolute atomic E-state index is 11.6. The molecule has 0 aliphatic rings. The molecule has 0 unspecified atom stereocenters. The van der Waals surface area contributed by atoms with Crippen molar-refractivity contribution in [2.24, 2.45) is 0 Å². The molecule has 17 aromatic rings. The van der Waals surface area contributed by atoms with Crippen LogP contribution in [0.3, 0.4) is 0 Å². The van der Waals surface area contributed by atoms with Crippen molar-refractivity contribution in [2.75, 3.05) is 0 Å². The Morgan fingerprint density at radius 2 is 0.703 bits per heavy atom. The SMILES string of the molecule is CC(C)(C)c1cc(-c2nc(-c3[c-]c(Oc4ccccn4)ccc3)cc(-c3ccccc3)n2)c(O)c(C(C)(C)C)c1.CC(C)(C)c1cc(-c2ncnc(-c3[c-]c(Oc4ccccn4)ccc3)n2)c(O)c(C(C)(C)C)c1.CC(C)c1cc(-c2ccnc(-c3[c-]c(Oc4ccccn4)ccc3)n2)c(O)c(C(C)C)c1.Cc1cc(C)c(O)c(-c2nnnc(-c3[c-]c(Oc4ccccn4)ccc3)n2)c1.[Pt].[Pt].[Pt].[Pt]. The first-order valence-electron chi connectivity index (χ1n) is 44.0. The number of phenolic OH excluding ortho intramolecular Hbond substituents is 4. The van der Waals surface area contributed by atoms with Crippen LogP contribution in [0.15, 0.2) is 274 Å². The first-order valence-corrected chi connectivity index (χ1v) is 44.0. The Morgan fingerprint density at radius 1 is 0.297 bits per heavy atom. The minimum Gasteiger partial charge on any atom is -0.507 e. The van der Waals surface area contributed by atoms with Gasteiger partial charge in [-0.3, -0.25) is 29.9 Å². The van der Waals surface area contributed by atoms with Gasteiger partial charge in [-0.25, -0.2) is 29.9 Å². The number of aryl methyl sites for hydroxylation is 2. The summed E-state index contributed by atoms with van der Waals surface area (Å²) in [7, 11) is 0. The van der Waals surface area contributed by atoms with Crippen molar-refractivity contribution in [3.8, 4) is 172 Å². The van der Waals surface area contributed by atoms with Crippen LogP contribution in [0.25, 0.3) is 102 Å². The molecule has 0 atom stereocenters. The molecule has 8 aromatic heterocycles. The summed E-state index contributed by atoms with van der Waals surface area (Å²) in [6.45, 7) is 37.7. The molecule has 138 heavy (non-hydrogen) atoms. The topological polar surface area (TPSA) is 311 Å². The molecule has 0 bridgehead atoms. The van der Waals surface area contributed by atoms with E-state index in [4.69, 9.17) is 33.9 Å². The van der Waals surface area contributed by atoms with Gasteiger partial charge in [0.2, 0.25) is 23.5 Å². The fraction of sp³-hybridized carbons (Fsp3) is 0.216. The largest absolute Gasteiger partial charge is 0.507 e. The number of nitrogens with zero attached hydrogens (tertiary/aromatic N) is 15. The van der Waals surface area contributed by atoms with E-state index < -0.39 is 0 Å². The van der Waals surface area contributed by atoms with Crippen LogP contribution in [0, 0.1) is 38.1 Å². The fourth-order valence-electron chi connectivity index (χ4n) is 14.2. The van der Waals surface area contributed by atoms with Crippen molar-refractivity contribution >= 4 is 0 Å². The Bertz CT molecular complexity index is 6980. The number of phenols is 4. The Morgan fingerprint density at radius 3 is 1.15 bits per heavy atom. The van der Waals surface area contributed by atoms with Crippen LogP contribution in [0.4, 0.5) is 0 Å². The molecule has 8 heterocycles. The molecule has 0 radical (unpaired) electrons. The minimum absolute atomic E-state index is 0. The molecule has 0 saturated carbocycles. The summed E-state index contributed by atoms with van der Waals surface area (Å²) in [5.41, 5.74) is 15.1. The number of pyridine rings is 4. The third-order valence-electron chi connectivity index (χ3n) is 21.5. The molecule has 23 nitrogen and oxygen atoms in total. The number of hydrogen-bond acceptors (Lipinski definition) is 23. The summed E-state index contributed by atoms with van der Waals surface area (Å²) in [6, 6.07) is 86.6. The van der Waals surface area contributed by atoms with Crippen LogP contribution >= 0.6 is 0 Å². The normalized spacial score (nSPS) is 11.1. The molecule has 0 fully saturated rings. The molecule has 0 aliphatic heterocycles. The zero-order valence-electron chi connectivity index (χ0n) is 79.5. The smallest absolute Gasteiger partial charge is 0.217 e. The summed E-state index contributed by atoms with van der Waals surface area (Å²) in [5, 5.41) is 55.9. The second kappa shape index (κ2) is 47.3. The molecule has 4 N–H and O–H groups in total. The van der Waals surface area contributed by atoms with Gasteiger partial charge in [0.25, 0.3) is 0 Å². The van der Waals surface area contributed by atoms with E-state index in [2.05, 4.69) is 214 Å². The number of hydrogen-bond donors (Lipinski definition) is 4. The first-order chi connectivity index (χ1) is 64.0. The standard InChI is InChI=1S/C35H34N3O2.C28H29N4O2.C27H26N3O2.C21H16N5O2.4Pt/c1-34(2,3)25-20-27(32(39)28(21-25)35(4,5)6)33-37-29(23-13-8-7-9-14-23)22-30(38-33)24-15-12-16-26(19-24)40-31-17-10-11-18-36-31;1-27(2,3)19-15-21(24(33)22(16-19)28(4,5)6)26-31-17-30-25(32-26)18-10-9-11-20(14-18)34-23-12-7-8-13-29-23;1-17(2)20-15-22(18(3)4)26(31)23(16-20)24-11-13-29-27(30-24)19-8-7-9-21(14-19)32-25-10-5-6-12-28-25;1-13-10-14(2)19(27)17(11-13)21-23-20(24-26-25-21)15-6-5-7-16(12-15)28-18-8-3-4-9-22-18;;;;/h7-18,20-22,39H,1-6H3;7-13,15-17,33H,1-6H3;5-13,15-18,31H,1-4H3;3-11,27H,1-2H3;;;;/q4*-1;;;;. The predicted octanol–water partition coefficient (Wildman–Crippen LogP) is 25.9. The number of ether oxygens (including phenoxy) is 4. The number of aromatic nitrogens is 15. The summed E-state index contributed by atoms with van der Waals surface area (Å²) in [4.78, 5) is 53.8. The van der Waals surface area contributed by atoms with Gasteiger partial charge in [-0.1, -0.05) is 225 Å². The van der Waals surface area contributed by atoms with Crippen molar-refractivity contribution in [3.05, 3.63) is 343 Å². The molecule has 0 aliphatic carbocycles. The molecule has 0 amide bonds. The predicted molar refractivity (Wildman–Crippen MR) is 522 cm³/mol. The molecular formula is C111H105N15O8Pt4-4. The van der Waals surface area contributed by atoms with E-state index in [1.807, 2.05) is 190 Å². The second-order valence-corrected chi connectivity index (χ2v) is 36.7. The van der Waals surface area contributed by atoms with Gasteiger partial charge in [0.1, 0.15) is 35.1 Å². The molecule has 17 rings (SSSR count). The molecular weight excluding hydrogens is 2450 g/mol. The van der Waals surface area contributed by atoms with E-state index in [-0.39, 0.29) is 135 Å². The monoisotopic (exact) mass is 2560 g/mol. The van der Waals surface area contributed by atoms with Crippen LogP contribution in [0.5, 0.6) is 69.5 Å². The van der Waals surface area contributed by atoms with Gasteiger partial charge in [-0.15, -0.1) is 100 Å². The maximum atomic E-state index is 11.6. The zero-order valence-corrected chi connectivity index (χ0v) is 88.6. The van der Waals surface area contributed by atoms with E-state index in [0.717, 1.165) is 55.8 Å². The van der Waals surface area contributed by atoms with Gasteiger partial charge < -0.3 is 39.4 Å². The van der Waals surface area contributed by atoms with Gasteiger partial charge in [-0.2, -0.15) is 5.10 Å². The Balaban J connectivity index is 0.000000189. The Hall–Kier alpha value is -13.2. The third kappa shape index (κ3) is 27.6. The maximum Gasteiger partial charge on any atom is 0.217 e. The van der Waals surface area contributed by atoms with E-state index in [1.165, 1.54) is 11.9 Å². The quantitative estimate of drug-likeness (QED) is 0.0547. The minimum atomic E-state index is -0.273. The van der Waals surface area contributed by atoms with Gasteiger partial charge in [0.05, 0.1) is 39.7 Å². The number of aromatic hydroxyl groups is 4. The van der Waals surface area contributed by atoms with Crippen LogP contribution in [0.2, 0.25) is 0 Å². The van der Waals surface area contributed by atoms with Crippen molar-refractivity contribution < 1.29 is 124 Å². The van der Waals surface area contributed by atoms with Crippen LogP contribution < -0.4 is 18.9 Å². The van der Waals surface area contributed by atoms with E-state index >= 15 is 0 Å². The van der Waals surface area contributed by atoms with E-state index in [9.17, 15) is 20.4 Å². The molecule has 0 saturated heterocycles. The van der Waals surface area contributed by atoms with Crippen molar-refractivity contribution in [1.82, 2.24) is 75.2 Å². The average molecular weight is 2560 g/mol. The first kappa shape index (κ1) is 107. The summed E-state index contributed by atoms with van der Waals surface area (Å²) < 4.78 is 23.3. The zero-order chi connectivity index (χ0) is 95.2. The summed E-state index contributed by atoms with van der Waals surface area (Å²) in [6.07, 6.45) is 9.84. The van der Waals surface area contributed by atoms with Crippen molar-refractivity contribution in [3.63, 3.8) is 0 Å². The van der Waals surface area contributed by atoms with E-state index in [0.29, 0.717) is 138 Å². The number of rotatable bonds is 19. The van der Waals surface area contributed by atoms with Gasteiger partial charge >= 0.3 is 0 Å². The second-order valence-electron chi connectivity index (χ2n) is 36.7. The van der Waals surface area contributed by atoms with Gasteiger partial charge in [0, 0.05) is 179 Å². The molecule has 9 aromatic carbocycles. The van der Waals surface area contributed by atoms with Crippen LogP contribution in [-0.2, 0) is 106 Å². The summed E-state index contributed by atoms with van der Waals surface area (Å²) in [5.74, 6) is 7.71. The van der Waals surface area contributed by atoms with Gasteiger partial charge in [0.15, 0.2) is 17.5 Å². The third-order valence-corrected chi connectivity index (χ3v) is 21.5. The number of benzene rings is 9.